The minimum atomic E-state index is -0.134. The van der Waals surface area contributed by atoms with Crippen LogP contribution >= 0.6 is 22.6 Å². The van der Waals surface area contributed by atoms with Gasteiger partial charge >= 0.3 is 6.03 Å². The number of carbonyl (C=O) groups excluding carboxylic acids is 1. The summed E-state index contributed by atoms with van der Waals surface area (Å²) >= 11 is 2.23. The molecule has 0 atom stereocenters. The van der Waals surface area contributed by atoms with Crippen molar-refractivity contribution in [2.45, 2.75) is 18.9 Å². The van der Waals surface area contributed by atoms with E-state index in [-0.39, 0.29) is 12.1 Å². The third kappa shape index (κ3) is 3.12. The smallest absolute Gasteiger partial charge is 0.319 e. The fourth-order valence-corrected chi connectivity index (χ4v) is 3.12. The number of hydrogen-bond donors (Lipinski definition) is 2. The van der Waals surface area contributed by atoms with Crippen LogP contribution in [0.1, 0.15) is 11.1 Å². The molecule has 2 aromatic rings. The van der Waals surface area contributed by atoms with Crippen LogP contribution in [0, 0.1) is 3.57 Å². The molecule has 20 heavy (non-hydrogen) atoms. The highest BCUT2D eigenvalue weighted by molar-refractivity contribution is 14.1. The standard InChI is InChI=1S/C16H15IN2O/c17-13-6-3-7-14(10-13)18-16(20)19-15-8-11-4-1-2-5-12(11)9-15/h1-7,10,15H,8-9H2,(H2,18,19,20). The monoisotopic (exact) mass is 378 g/mol. The van der Waals surface area contributed by atoms with E-state index in [1.807, 2.05) is 36.4 Å². The van der Waals surface area contributed by atoms with Gasteiger partial charge in [0.05, 0.1) is 0 Å². The van der Waals surface area contributed by atoms with Gasteiger partial charge in [-0.15, -0.1) is 0 Å². The van der Waals surface area contributed by atoms with Crippen molar-refractivity contribution in [3.63, 3.8) is 0 Å². The molecular formula is C16H15IN2O. The fourth-order valence-electron chi connectivity index (χ4n) is 2.58. The summed E-state index contributed by atoms with van der Waals surface area (Å²) in [6.07, 6.45) is 1.83. The van der Waals surface area contributed by atoms with E-state index in [0.29, 0.717) is 0 Å². The Balaban J connectivity index is 1.58. The predicted octanol–water partition coefficient (Wildman–Crippen LogP) is 3.58. The zero-order chi connectivity index (χ0) is 13.9. The van der Waals surface area contributed by atoms with Crippen molar-refractivity contribution in [1.82, 2.24) is 5.32 Å². The van der Waals surface area contributed by atoms with E-state index in [4.69, 9.17) is 0 Å². The van der Waals surface area contributed by atoms with Crippen LogP contribution in [0.4, 0.5) is 10.5 Å². The van der Waals surface area contributed by atoms with Crippen molar-refractivity contribution in [3.05, 3.63) is 63.2 Å². The minimum Gasteiger partial charge on any atom is -0.334 e. The highest BCUT2D eigenvalue weighted by Crippen LogP contribution is 2.21. The first-order chi connectivity index (χ1) is 9.70. The summed E-state index contributed by atoms with van der Waals surface area (Å²) < 4.78 is 1.11. The zero-order valence-electron chi connectivity index (χ0n) is 10.9. The SMILES string of the molecule is O=C(Nc1cccc(I)c1)NC1Cc2ccccc2C1. The second kappa shape index (κ2) is 5.83. The van der Waals surface area contributed by atoms with Gasteiger partial charge in [0.15, 0.2) is 0 Å². The van der Waals surface area contributed by atoms with Crippen molar-refractivity contribution in [3.8, 4) is 0 Å². The third-order valence-corrected chi connectivity index (χ3v) is 4.14. The second-order valence-corrected chi connectivity index (χ2v) is 6.23. The highest BCUT2D eigenvalue weighted by Gasteiger charge is 2.22. The number of hydrogen-bond acceptors (Lipinski definition) is 1. The molecule has 0 saturated heterocycles. The molecule has 0 spiro atoms. The van der Waals surface area contributed by atoms with E-state index >= 15 is 0 Å². The first-order valence-electron chi connectivity index (χ1n) is 6.60. The maximum atomic E-state index is 12.0. The van der Waals surface area contributed by atoms with Crippen molar-refractivity contribution >= 4 is 34.3 Å². The molecule has 0 radical (unpaired) electrons. The molecule has 4 heteroatoms. The van der Waals surface area contributed by atoms with E-state index in [9.17, 15) is 4.79 Å². The first kappa shape index (κ1) is 13.4. The lowest BCUT2D eigenvalue weighted by molar-refractivity contribution is 0.249. The number of carbonyl (C=O) groups is 1. The molecule has 0 aromatic heterocycles. The highest BCUT2D eigenvalue weighted by atomic mass is 127. The molecule has 3 rings (SSSR count). The number of benzene rings is 2. The van der Waals surface area contributed by atoms with Crippen LogP contribution in [0.3, 0.4) is 0 Å². The number of nitrogens with one attached hydrogen (secondary N) is 2. The maximum Gasteiger partial charge on any atom is 0.319 e. The molecular weight excluding hydrogens is 363 g/mol. The number of anilines is 1. The Kier molecular flexibility index (Phi) is 3.91. The van der Waals surface area contributed by atoms with Gasteiger partial charge in [0, 0.05) is 15.3 Å². The van der Waals surface area contributed by atoms with Gasteiger partial charge < -0.3 is 10.6 Å². The van der Waals surface area contributed by atoms with Gasteiger partial charge in [-0.05, 0) is 64.8 Å². The topological polar surface area (TPSA) is 41.1 Å². The van der Waals surface area contributed by atoms with Gasteiger partial charge in [-0.25, -0.2) is 4.79 Å². The number of amides is 2. The molecule has 0 bridgehead atoms. The quantitative estimate of drug-likeness (QED) is 0.771. The van der Waals surface area contributed by atoms with Crippen LogP contribution in [-0.4, -0.2) is 12.1 Å². The van der Waals surface area contributed by atoms with E-state index < -0.39 is 0 Å². The predicted molar refractivity (Wildman–Crippen MR) is 89.0 cm³/mol. The first-order valence-corrected chi connectivity index (χ1v) is 7.68. The van der Waals surface area contributed by atoms with E-state index in [2.05, 4.69) is 45.4 Å². The molecule has 0 aliphatic heterocycles. The van der Waals surface area contributed by atoms with Crippen molar-refractivity contribution in [1.29, 1.82) is 0 Å². The van der Waals surface area contributed by atoms with Crippen LogP contribution in [0.5, 0.6) is 0 Å². The summed E-state index contributed by atoms with van der Waals surface area (Å²) in [7, 11) is 0. The Morgan fingerprint density at radius 2 is 1.75 bits per heavy atom. The number of halogens is 1. The number of rotatable bonds is 2. The van der Waals surface area contributed by atoms with E-state index in [1.54, 1.807) is 0 Å². The average molecular weight is 378 g/mol. The van der Waals surface area contributed by atoms with Crippen molar-refractivity contribution < 1.29 is 4.79 Å². The average Bonchev–Trinajstić information content (AvgIpc) is 2.80. The summed E-state index contributed by atoms with van der Waals surface area (Å²) in [4.78, 5) is 12.0. The maximum absolute atomic E-state index is 12.0. The summed E-state index contributed by atoms with van der Waals surface area (Å²) in [6.45, 7) is 0. The summed E-state index contributed by atoms with van der Waals surface area (Å²) in [5.41, 5.74) is 3.50. The molecule has 0 fully saturated rings. The Labute approximate surface area is 131 Å². The Hall–Kier alpha value is -1.56. The van der Waals surface area contributed by atoms with Crippen LogP contribution in [-0.2, 0) is 12.8 Å². The summed E-state index contributed by atoms with van der Waals surface area (Å²) in [5.74, 6) is 0. The normalized spacial score (nSPS) is 13.8. The summed E-state index contributed by atoms with van der Waals surface area (Å²) in [6, 6.07) is 16.2. The molecule has 3 nitrogen and oxygen atoms in total. The van der Waals surface area contributed by atoms with Gasteiger partial charge in [0.1, 0.15) is 0 Å². The molecule has 1 aliphatic rings. The van der Waals surface area contributed by atoms with Crippen LogP contribution in [0.2, 0.25) is 0 Å². The molecule has 0 saturated carbocycles. The molecule has 2 amide bonds. The van der Waals surface area contributed by atoms with Crippen LogP contribution < -0.4 is 10.6 Å². The molecule has 0 unspecified atom stereocenters. The zero-order valence-corrected chi connectivity index (χ0v) is 13.1. The Morgan fingerprint density at radius 3 is 2.40 bits per heavy atom. The van der Waals surface area contributed by atoms with Crippen molar-refractivity contribution in [2.24, 2.45) is 0 Å². The number of urea groups is 1. The largest absolute Gasteiger partial charge is 0.334 e. The second-order valence-electron chi connectivity index (χ2n) is 4.98. The fraction of sp³-hybridized carbons (Fsp3) is 0.188. The third-order valence-electron chi connectivity index (χ3n) is 3.47. The van der Waals surface area contributed by atoms with Gasteiger partial charge in [0.2, 0.25) is 0 Å². The molecule has 0 heterocycles. The molecule has 102 valence electrons. The van der Waals surface area contributed by atoms with Gasteiger partial charge in [-0.3, -0.25) is 0 Å². The Bertz CT molecular complexity index is 617. The van der Waals surface area contributed by atoms with Gasteiger partial charge in [-0.2, -0.15) is 0 Å². The van der Waals surface area contributed by atoms with E-state index in [1.165, 1.54) is 11.1 Å². The molecule has 2 aromatic carbocycles. The lowest BCUT2D eigenvalue weighted by atomic mass is 10.1. The number of fused-ring (bicyclic) bond motifs is 1. The van der Waals surface area contributed by atoms with Crippen molar-refractivity contribution in [2.75, 3.05) is 5.32 Å². The summed E-state index contributed by atoms with van der Waals surface area (Å²) in [5, 5.41) is 5.92. The van der Waals surface area contributed by atoms with E-state index in [0.717, 1.165) is 22.1 Å². The lowest BCUT2D eigenvalue weighted by Gasteiger charge is -2.13. The molecule has 2 N–H and O–H groups in total. The van der Waals surface area contributed by atoms with Gasteiger partial charge in [-0.1, -0.05) is 30.3 Å². The Morgan fingerprint density at radius 1 is 1.05 bits per heavy atom. The lowest BCUT2D eigenvalue weighted by Crippen LogP contribution is -2.38. The van der Waals surface area contributed by atoms with Gasteiger partial charge in [0.25, 0.3) is 0 Å². The minimum absolute atomic E-state index is 0.134. The van der Waals surface area contributed by atoms with Crippen LogP contribution in [0.25, 0.3) is 0 Å². The van der Waals surface area contributed by atoms with Crippen LogP contribution in [0.15, 0.2) is 48.5 Å². The molecule has 1 aliphatic carbocycles.